The minimum Gasteiger partial charge on any atom is -0.316 e. The molecule has 2 N–H and O–H groups in total. The Bertz CT molecular complexity index is 548. The number of benzene rings is 1. The fraction of sp³-hybridized carbons (Fsp3) is 0.500. The van der Waals surface area contributed by atoms with Gasteiger partial charge in [-0.25, -0.2) is 17.5 Å². The molecule has 1 aromatic rings. The Hall–Kier alpha value is -0.400. The van der Waals surface area contributed by atoms with Gasteiger partial charge >= 0.3 is 0 Å². The zero-order chi connectivity index (χ0) is 13.9. The summed E-state index contributed by atoms with van der Waals surface area (Å²) in [6, 6.07) is 3.31. The fourth-order valence-corrected chi connectivity index (χ4v) is 3.68. The van der Waals surface area contributed by atoms with Gasteiger partial charge < -0.3 is 5.32 Å². The second kappa shape index (κ2) is 7.56. The summed E-state index contributed by atoms with van der Waals surface area (Å²) in [5.74, 6) is -0.129. The molecule has 4 nitrogen and oxygen atoms in total. The van der Waals surface area contributed by atoms with Gasteiger partial charge in [-0.1, -0.05) is 11.6 Å². The highest BCUT2D eigenvalue weighted by Crippen LogP contribution is 2.22. The van der Waals surface area contributed by atoms with E-state index < -0.39 is 15.8 Å². The molecular formula is C12H17Cl2FN2O2S. The maximum atomic E-state index is 13.1. The summed E-state index contributed by atoms with van der Waals surface area (Å²) in [4.78, 5) is -0.210. The van der Waals surface area contributed by atoms with Crippen molar-refractivity contribution in [3.05, 3.63) is 29.0 Å². The topological polar surface area (TPSA) is 58.2 Å². The summed E-state index contributed by atoms with van der Waals surface area (Å²) in [5, 5.41) is 3.24. The van der Waals surface area contributed by atoms with Crippen LogP contribution in [0.1, 0.15) is 12.8 Å². The van der Waals surface area contributed by atoms with Crippen molar-refractivity contribution in [2.24, 2.45) is 5.92 Å². The summed E-state index contributed by atoms with van der Waals surface area (Å²) in [6.45, 7) is 2.23. The smallest absolute Gasteiger partial charge is 0.242 e. The summed E-state index contributed by atoms with van der Waals surface area (Å²) in [6.07, 6.45) is 1.82. The lowest BCUT2D eigenvalue weighted by atomic mass is 10.1. The van der Waals surface area contributed by atoms with E-state index >= 15 is 0 Å². The van der Waals surface area contributed by atoms with E-state index in [1.165, 1.54) is 6.07 Å². The third-order valence-electron chi connectivity index (χ3n) is 3.19. The van der Waals surface area contributed by atoms with Gasteiger partial charge in [-0.05, 0) is 50.0 Å². The highest BCUT2D eigenvalue weighted by atomic mass is 35.5. The second-order valence-electron chi connectivity index (χ2n) is 4.62. The molecule has 114 valence electrons. The molecule has 1 heterocycles. The lowest BCUT2D eigenvalue weighted by Crippen LogP contribution is -2.27. The van der Waals surface area contributed by atoms with Crippen molar-refractivity contribution >= 4 is 34.0 Å². The number of rotatable bonds is 5. The van der Waals surface area contributed by atoms with Crippen LogP contribution in [0.3, 0.4) is 0 Å². The molecule has 0 saturated carbocycles. The van der Waals surface area contributed by atoms with Crippen LogP contribution in [-0.2, 0) is 10.0 Å². The van der Waals surface area contributed by atoms with E-state index in [4.69, 9.17) is 11.6 Å². The molecule has 1 aliphatic rings. The standard InChI is InChI=1S/C12H16ClFN2O2S.ClH/c13-11-2-1-10(14)7-12(11)19(17,18)16-6-4-9-3-5-15-8-9;/h1-2,7,9,15-16H,3-6,8H2;1H. The summed E-state index contributed by atoms with van der Waals surface area (Å²) >= 11 is 5.79. The maximum absolute atomic E-state index is 13.1. The predicted molar refractivity (Wildman–Crippen MR) is 79.4 cm³/mol. The molecule has 2 rings (SSSR count). The molecule has 0 aromatic heterocycles. The van der Waals surface area contributed by atoms with Crippen LogP contribution in [0.15, 0.2) is 23.1 Å². The Balaban J connectivity index is 0.00000200. The third kappa shape index (κ3) is 4.56. The van der Waals surface area contributed by atoms with Crippen LogP contribution in [-0.4, -0.2) is 28.1 Å². The average Bonchev–Trinajstić information content (AvgIpc) is 2.85. The van der Waals surface area contributed by atoms with E-state index in [0.29, 0.717) is 12.5 Å². The van der Waals surface area contributed by atoms with Gasteiger partial charge in [-0.2, -0.15) is 0 Å². The molecular weight excluding hydrogens is 326 g/mol. The van der Waals surface area contributed by atoms with Crippen LogP contribution in [0.2, 0.25) is 5.02 Å². The van der Waals surface area contributed by atoms with Gasteiger partial charge in [0.15, 0.2) is 0 Å². The van der Waals surface area contributed by atoms with E-state index in [1.54, 1.807) is 0 Å². The number of hydrogen-bond donors (Lipinski definition) is 2. The van der Waals surface area contributed by atoms with Gasteiger partial charge in [-0.15, -0.1) is 12.4 Å². The van der Waals surface area contributed by atoms with Crippen molar-refractivity contribution < 1.29 is 12.8 Å². The largest absolute Gasteiger partial charge is 0.316 e. The van der Waals surface area contributed by atoms with E-state index in [0.717, 1.165) is 38.1 Å². The average molecular weight is 343 g/mol. The van der Waals surface area contributed by atoms with Gasteiger partial charge in [0, 0.05) is 6.54 Å². The first-order valence-corrected chi connectivity index (χ1v) is 8.00. The Kier molecular flexibility index (Phi) is 6.68. The molecule has 0 aliphatic carbocycles. The quantitative estimate of drug-likeness (QED) is 0.862. The first-order valence-electron chi connectivity index (χ1n) is 6.14. The fourth-order valence-electron chi connectivity index (χ4n) is 2.12. The van der Waals surface area contributed by atoms with Gasteiger partial charge in [0.05, 0.1) is 5.02 Å². The van der Waals surface area contributed by atoms with Gasteiger partial charge in [-0.3, -0.25) is 0 Å². The monoisotopic (exact) mass is 342 g/mol. The summed E-state index contributed by atoms with van der Waals surface area (Å²) < 4.78 is 39.6. The minimum absolute atomic E-state index is 0. The highest BCUT2D eigenvalue weighted by Gasteiger charge is 2.20. The molecule has 20 heavy (non-hydrogen) atoms. The lowest BCUT2D eigenvalue weighted by molar-refractivity contribution is 0.519. The minimum atomic E-state index is -3.75. The molecule has 0 amide bonds. The zero-order valence-corrected chi connectivity index (χ0v) is 13.1. The van der Waals surface area contributed by atoms with Gasteiger partial charge in [0.2, 0.25) is 10.0 Å². The van der Waals surface area contributed by atoms with Crippen molar-refractivity contribution in [3.8, 4) is 0 Å². The van der Waals surface area contributed by atoms with Crippen LogP contribution in [0, 0.1) is 11.7 Å². The Morgan fingerprint density at radius 2 is 2.20 bits per heavy atom. The van der Waals surface area contributed by atoms with Gasteiger partial charge in [0.1, 0.15) is 10.7 Å². The SMILES string of the molecule is Cl.O=S(=O)(NCCC1CCNC1)c1cc(F)ccc1Cl. The number of hydrogen-bond acceptors (Lipinski definition) is 3. The lowest BCUT2D eigenvalue weighted by Gasteiger charge is -2.11. The van der Waals surface area contributed by atoms with Crippen molar-refractivity contribution in [1.29, 1.82) is 0 Å². The molecule has 1 aliphatic heterocycles. The zero-order valence-electron chi connectivity index (χ0n) is 10.7. The molecule has 1 atom stereocenters. The van der Waals surface area contributed by atoms with Gasteiger partial charge in [0.25, 0.3) is 0 Å². The summed E-state index contributed by atoms with van der Waals surface area (Å²) in [7, 11) is -3.75. The van der Waals surface area contributed by atoms with Crippen LogP contribution >= 0.6 is 24.0 Å². The first kappa shape index (κ1) is 17.7. The Labute approximate surface area is 129 Å². The maximum Gasteiger partial charge on any atom is 0.242 e. The number of nitrogens with one attached hydrogen (secondary N) is 2. The van der Waals surface area contributed by atoms with Crippen LogP contribution in [0.4, 0.5) is 4.39 Å². The highest BCUT2D eigenvalue weighted by molar-refractivity contribution is 7.89. The van der Waals surface area contributed by atoms with Crippen molar-refractivity contribution in [2.75, 3.05) is 19.6 Å². The van der Waals surface area contributed by atoms with Crippen molar-refractivity contribution in [1.82, 2.24) is 10.0 Å². The number of halogens is 3. The second-order valence-corrected chi connectivity index (χ2v) is 6.76. The van der Waals surface area contributed by atoms with E-state index in [9.17, 15) is 12.8 Å². The van der Waals surface area contributed by atoms with E-state index in [2.05, 4.69) is 10.0 Å². The predicted octanol–water partition coefficient (Wildman–Crippen LogP) is 2.18. The van der Waals surface area contributed by atoms with Crippen LogP contribution in [0.5, 0.6) is 0 Å². The normalized spacial score (nSPS) is 18.8. The third-order valence-corrected chi connectivity index (χ3v) is 5.13. The van der Waals surface area contributed by atoms with Crippen molar-refractivity contribution in [2.45, 2.75) is 17.7 Å². The van der Waals surface area contributed by atoms with E-state index in [-0.39, 0.29) is 22.3 Å². The molecule has 1 unspecified atom stereocenters. The molecule has 0 bridgehead atoms. The molecule has 0 spiro atoms. The Morgan fingerprint density at radius 3 is 2.85 bits per heavy atom. The summed E-state index contributed by atoms with van der Waals surface area (Å²) in [5.41, 5.74) is 0. The molecule has 1 aromatic carbocycles. The molecule has 8 heteroatoms. The van der Waals surface area contributed by atoms with E-state index in [1.807, 2.05) is 0 Å². The number of sulfonamides is 1. The Morgan fingerprint density at radius 1 is 1.45 bits per heavy atom. The van der Waals surface area contributed by atoms with Crippen LogP contribution < -0.4 is 10.0 Å². The van der Waals surface area contributed by atoms with Crippen molar-refractivity contribution in [3.63, 3.8) is 0 Å². The molecule has 1 saturated heterocycles. The van der Waals surface area contributed by atoms with Crippen LogP contribution in [0.25, 0.3) is 0 Å². The first-order chi connectivity index (χ1) is 8.99. The molecule has 0 radical (unpaired) electrons. The molecule has 1 fully saturated rings.